The van der Waals surface area contributed by atoms with Gasteiger partial charge in [0.15, 0.2) is 11.5 Å². The Morgan fingerprint density at radius 1 is 0.913 bits per heavy atom. The normalized spacial score (nSPS) is 23.3. The number of methoxy groups -OCH3 is 3. The van der Waals surface area contributed by atoms with E-state index in [-0.39, 0.29) is 5.91 Å². The molecule has 2 saturated heterocycles. The molecule has 0 aromatic heterocycles. The Balaban J connectivity index is 1.89. The molecule has 1 aromatic rings. The van der Waals surface area contributed by atoms with E-state index in [4.69, 9.17) is 14.2 Å². The monoisotopic (exact) mass is 319 g/mol. The van der Waals surface area contributed by atoms with Crippen molar-refractivity contribution in [2.24, 2.45) is 11.8 Å². The summed E-state index contributed by atoms with van der Waals surface area (Å²) in [5.41, 5.74) is 0.598. The van der Waals surface area contributed by atoms with Gasteiger partial charge in [-0.05, 0) is 49.7 Å². The first-order chi connectivity index (χ1) is 11.2. The maximum absolute atomic E-state index is 13.0. The largest absolute Gasteiger partial charge is 0.493 e. The minimum atomic E-state index is 0.0584. The molecule has 3 aliphatic rings. The fraction of sp³-hybridized carbons (Fsp3) is 0.611. The number of amides is 1. The van der Waals surface area contributed by atoms with Crippen LogP contribution in [0.4, 0.5) is 0 Å². The van der Waals surface area contributed by atoms with Crippen LogP contribution in [0.2, 0.25) is 0 Å². The van der Waals surface area contributed by atoms with Crippen LogP contribution in [-0.4, -0.2) is 45.2 Å². The van der Waals surface area contributed by atoms with Crippen LogP contribution < -0.4 is 14.2 Å². The molecule has 2 aliphatic heterocycles. The number of fused-ring (bicyclic) bond motifs is 4. The van der Waals surface area contributed by atoms with E-state index in [9.17, 15) is 4.79 Å². The molecule has 5 nitrogen and oxygen atoms in total. The van der Waals surface area contributed by atoms with Crippen molar-refractivity contribution in [3.8, 4) is 17.2 Å². The molecule has 1 amide bonds. The van der Waals surface area contributed by atoms with Gasteiger partial charge in [-0.3, -0.25) is 4.79 Å². The summed E-state index contributed by atoms with van der Waals surface area (Å²) in [5.74, 6) is 2.92. The fourth-order valence-corrected chi connectivity index (χ4v) is 3.85. The summed E-state index contributed by atoms with van der Waals surface area (Å²) in [6.45, 7) is 1.73. The highest BCUT2D eigenvalue weighted by Crippen LogP contribution is 2.39. The Hall–Kier alpha value is -1.91. The van der Waals surface area contributed by atoms with Crippen LogP contribution >= 0.6 is 0 Å². The van der Waals surface area contributed by atoms with E-state index >= 15 is 0 Å². The molecular formula is C18H25NO4. The number of ether oxygens (including phenoxy) is 3. The third-order valence-electron chi connectivity index (χ3n) is 5.12. The third-order valence-corrected chi connectivity index (χ3v) is 5.12. The molecule has 0 spiro atoms. The lowest BCUT2D eigenvalue weighted by Gasteiger charge is -2.23. The molecule has 5 heteroatoms. The molecule has 4 rings (SSSR count). The van der Waals surface area contributed by atoms with Gasteiger partial charge in [-0.1, -0.05) is 0 Å². The molecule has 1 aromatic carbocycles. The number of nitrogens with zero attached hydrogens (tertiary/aromatic N) is 1. The fourth-order valence-electron chi connectivity index (χ4n) is 3.85. The lowest BCUT2D eigenvalue weighted by Crippen LogP contribution is -2.34. The second kappa shape index (κ2) is 6.69. The third kappa shape index (κ3) is 3.09. The van der Waals surface area contributed by atoms with Crippen molar-refractivity contribution in [1.29, 1.82) is 0 Å². The van der Waals surface area contributed by atoms with Crippen LogP contribution in [0.3, 0.4) is 0 Å². The molecule has 0 unspecified atom stereocenters. The Labute approximate surface area is 137 Å². The van der Waals surface area contributed by atoms with E-state index < -0.39 is 0 Å². The van der Waals surface area contributed by atoms with Crippen LogP contribution in [0, 0.1) is 11.8 Å². The molecule has 1 saturated carbocycles. The minimum Gasteiger partial charge on any atom is -0.493 e. The quantitative estimate of drug-likeness (QED) is 0.856. The predicted molar refractivity (Wildman–Crippen MR) is 87.4 cm³/mol. The van der Waals surface area contributed by atoms with E-state index in [0.29, 0.717) is 34.6 Å². The number of hydrogen-bond donors (Lipinski definition) is 0. The molecule has 0 N–H and O–H groups in total. The van der Waals surface area contributed by atoms with Gasteiger partial charge in [0.2, 0.25) is 5.75 Å². The van der Waals surface area contributed by atoms with E-state index in [1.165, 1.54) is 25.7 Å². The highest BCUT2D eigenvalue weighted by molar-refractivity contribution is 5.95. The van der Waals surface area contributed by atoms with Crippen molar-refractivity contribution < 1.29 is 19.0 Å². The Kier molecular flexibility index (Phi) is 4.64. The highest BCUT2D eigenvalue weighted by Gasteiger charge is 2.32. The van der Waals surface area contributed by atoms with Gasteiger partial charge >= 0.3 is 0 Å². The van der Waals surface area contributed by atoms with Crippen molar-refractivity contribution in [2.45, 2.75) is 25.7 Å². The maximum atomic E-state index is 13.0. The van der Waals surface area contributed by atoms with E-state index in [1.54, 1.807) is 33.5 Å². The van der Waals surface area contributed by atoms with Crippen LogP contribution in [0.5, 0.6) is 17.2 Å². The van der Waals surface area contributed by atoms with Crippen LogP contribution in [0.15, 0.2) is 12.1 Å². The van der Waals surface area contributed by atoms with Gasteiger partial charge < -0.3 is 19.1 Å². The molecule has 0 atom stereocenters. The van der Waals surface area contributed by atoms with Gasteiger partial charge in [0.05, 0.1) is 21.3 Å². The van der Waals surface area contributed by atoms with Crippen molar-refractivity contribution in [3.05, 3.63) is 17.7 Å². The van der Waals surface area contributed by atoms with E-state index in [1.807, 2.05) is 4.90 Å². The molecule has 3 fully saturated rings. The average molecular weight is 319 g/mol. The zero-order chi connectivity index (χ0) is 16.4. The molecular weight excluding hydrogens is 294 g/mol. The molecule has 2 heterocycles. The first-order valence-electron chi connectivity index (χ1n) is 8.25. The van der Waals surface area contributed by atoms with Crippen molar-refractivity contribution in [1.82, 2.24) is 4.90 Å². The standard InChI is InChI=1S/C18H25NO4/c1-21-15-8-14(9-16(22-2)17(15)23-3)18(20)19-10-12-4-5-13(11-19)7-6-12/h8-9,12-13H,4-7,10-11H2,1-3H3. The zero-order valence-electron chi connectivity index (χ0n) is 14.1. The lowest BCUT2D eigenvalue weighted by atomic mass is 9.84. The summed E-state index contributed by atoms with van der Waals surface area (Å²) in [5, 5.41) is 0. The minimum absolute atomic E-state index is 0.0584. The lowest BCUT2D eigenvalue weighted by molar-refractivity contribution is 0.0738. The topological polar surface area (TPSA) is 48.0 Å². The Morgan fingerprint density at radius 2 is 1.39 bits per heavy atom. The molecule has 126 valence electrons. The number of carbonyl (C=O) groups excluding carboxylic acids is 1. The zero-order valence-corrected chi connectivity index (χ0v) is 14.1. The van der Waals surface area contributed by atoms with Crippen LogP contribution in [0.1, 0.15) is 36.0 Å². The summed E-state index contributed by atoms with van der Waals surface area (Å²) in [6.07, 6.45) is 5.01. The summed E-state index contributed by atoms with van der Waals surface area (Å²) in [4.78, 5) is 15.0. The van der Waals surface area contributed by atoms with Crippen LogP contribution in [-0.2, 0) is 0 Å². The number of benzene rings is 1. The number of rotatable bonds is 4. The summed E-state index contributed by atoms with van der Waals surface area (Å²) in [6, 6.07) is 3.49. The highest BCUT2D eigenvalue weighted by atomic mass is 16.5. The van der Waals surface area contributed by atoms with Crippen LogP contribution in [0.25, 0.3) is 0 Å². The van der Waals surface area contributed by atoms with Crippen molar-refractivity contribution >= 4 is 5.91 Å². The number of hydrogen-bond acceptors (Lipinski definition) is 4. The first kappa shape index (κ1) is 16.0. The van der Waals surface area contributed by atoms with Gasteiger partial charge in [-0.15, -0.1) is 0 Å². The molecule has 23 heavy (non-hydrogen) atoms. The van der Waals surface area contributed by atoms with Gasteiger partial charge in [0.1, 0.15) is 0 Å². The van der Waals surface area contributed by atoms with Gasteiger partial charge in [0.25, 0.3) is 5.91 Å². The van der Waals surface area contributed by atoms with Gasteiger partial charge in [-0.2, -0.15) is 0 Å². The Bertz CT molecular complexity index is 539. The maximum Gasteiger partial charge on any atom is 0.254 e. The molecule has 0 radical (unpaired) electrons. The summed E-state index contributed by atoms with van der Waals surface area (Å²) < 4.78 is 16.0. The summed E-state index contributed by atoms with van der Waals surface area (Å²) in [7, 11) is 4.70. The summed E-state index contributed by atoms with van der Waals surface area (Å²) >= 11 is 0. The van der Waals surface area contributed by atoms with Gasteiger partial charge in [0, 0.05) is 18.7 Å². The van der Waals surface area contributed by atoms with E-state index in [2.05, 4.69) is 0 Å². The van der Waals surface area contributed by atoms with E-state index in [0.717, 1.165) is 13.1 Å². The number of carbonyl (C=O) groups is 1. The molecule has 2 bridgehead atoms. The predicted octanol–water partition coefficient (Wildman–Crippen LogP) is 2.97. The van der Waals surface area contributed by atoms with Crippen molar-refractivity contribution in [2.75, 3.05) is 34.4 Å². The molecule has 1 aliphatic carbocycles. The second-order valence-electron chi connectivity index (χ2n) is 6.51. The average Bonchev–Trinajstić information content (AvgIpc) is 2.93. The van der Waals surface area contributed by atoms with Crippen molar-refractivity contribution in [3.63, 3.8) is 0 Å². The smallest absolute Gasteiger partial charge is 0.254 e. The second-order valence-corrected chi connectivity index (χ2v) is 6.51. The first-order valence-corrected chi connectivity index (χ1v) is 8.25. The Morgan fingerprint density at radius 3 is 1.78 bits per heavy atom. The SMILES string of the molecule is COc1cc(C(=O)N2CC3CCC(CC3)C2)cc(OC)c1OC. The van der Waals surface area contributed by atoms with Gasteiger partial charge in [-0.25, -0.2) is 0 Å².